The van der Waals surface area contributed by atoms with E-state index in [0.29, 0.717) is 39.3 Å². The fourth-order valence-corrected chi connectivity index (χ4v) is 10.9. The molecular weight excluding hydrogens is 408 g/mol. The Morgan fingerprint density at radius 3 is 2.18 bits per heavy atom. The molecule has 5 saturated carbocycles. The zero-order valence-electron chi connectivity index (χ0n) is 22.4. The minimum absolute atomic E-state index is 0.0788. The van der Waals surface area contributed by atoms with E-state index >= 15 is 0 Å². The van der Waals surface area contributed by atoms with Gasteiger partial charge in [0.25, 0.3) is 0 Å². The molecule has 0 aromatic rings. The van der Waals surface area contributed by atoms with Gasteiger partial charge in [0.05, 0.1) is 0 Å². The monoisotopic (exact) mass is 456 g/mol. The van der Waals surface area contributed by atoms with Crippen molar-refractivity contribution in [3.05, 3.63) is 0 Å². The van der Waals surface area contributed by atoms with E-state index in [1.165, 1.54) is 51.4 Å². The highest BCUT2D eigenvalue weighted by Gasteiger charge is 2.82. The van der Waals surface area contributed by atoms with E-state index in [1.54, 1.807) is 6.92 Å². The molecule has 5 fully saturated rings. The van der Waals surface area contributed by atoms with Gasteiger partial charge in [0.1, 0.15) is 11.9 Å². The van der Waals surface area contributed by atoms with Gasteiger partial charge < -0.3 is 4.74 Å². The fourth-order valence-electron chi connectivity index (χ4n) is 10.9. The van der Waals surface area contributed by atoms with Crippen LogP contribution >= 0.6 is 0 Å². The van der Waals surface area contributed by atoms with Gasteiger partial charge in [0.2, 0.25) is 0 Å². The Bertz CT molecular complexity index is 843. The number of rotatable bonds is 5. The zero-order chi connectivity index (χ0) is 24.0. The van der Waals surface area contributed by atoms with Gasteiger partial charge in [-0.2, -0.15) is 0 Å². The number of carbonyl (C=O) groups excluding carboxylic acids is 2. The van der Waals surface area contributed by atoms with E-state index in [9.17, 15) is 9.59 Å². The zero-order valence-corrected chi connectivity index (χ0v) is 22.4. The van der Waals surface area contributed by atoms with Crippen LogP contribution in [0.5, 0.6) is 0 Å². The van der Waals surface area contributed by atoms with Gasteiger partial charge >= 0.3 is 5.97 Å². The van der Waals surface area contributed by atoms with Crippen molar-refractivity contribution < 1.29 is 14.3 Å². The van der Waals surface area contributed by atoms with Crippen molar-refractivity contribution in [1.29, 1.82) is 0 Å². The Balaban J connectivity index is 1.39. The van der Waals surface area contributed by atoms with E-state index in [2.05, 4.69) is 41.5 Å². The summed E-state index contributed by atoms with van der Waals surface area (Å²) in [6.45, 7) is 15.7. The molecule has 0 bridgehead atoms. The van der Waals surface area contributed by atoms with Crippen molar-refractivity contribution in [3.63, 3.8) is 0 Å². The highest BCUT2D eigenvalue weighted by atomic mass is 16.5. The third-order valence-corrected chi connectivity index (χ3v) is 12.9. The molecule has 3 unspecified atom stereocenters. The molecule has 3 nitrogen and oxygen atoms in total. The Hall–Kier alpha value is -0.860. The third-order valence-electron chi connectivity index (χ3n) is 12.9. The molecule has 186 valence electrons. The molecule has 5 rings (SSSR count). The summed E-state index contributed by atoms with van der Waals surface area (Å²) in [5, 5.41) is 0. The average molecular weight is 457 g/mol. The van der Waals surface area contributed by atoms with E-state index in [1.807, 2.05) is 0 Å². The predicted molar refractivity (Wildman–Crippen MR) is 132 cm³/mol. The molecule has 0 saturated heterocycles. The van der Waals surface area contributed by atoms with Crippen LogP contribution in [0.1, 0.15) is 119 Å². The maximum Gasteiger partial charge on any atom is 0.302 e. The molecule has 0 heterocycles. The van der Waals surface area contributed by atoms with Crippen LogP contribution in [0.4, 0.5) is 0 Å². The first kappa shape index (κ1) is 23.9. The highest BCUT2D eigenvalue weighted by molar-refractivity contribution is 5.80. The summed E-state index contributed by atoms with van der Waals surface area (Å²) in [4.78, 5) is 24.2. The van der Waals surface area contributed by atoms with Crippen molar-refractivity contribution >= 4 is 11.8 Å². The Kier molecular flexibility index (Phi) is 5.30. The summed E-state index contributed by atoms with van der Waals surface area (Å²) in [7, 11) is 0. The number of Topliss-reactive ketones (excluding diaryl/α,β-unsaturated/α-hetero) is 1. The lowest BCUT2D eigenvalue weighted by Crippen LogP contribution is -2.57. The topological polar surface area (TPSA) is 43.4 Å². The lowest BCUT2D eigenvalue weighted by molar-refractivity contribution is -0.180. The highest BCUT2D eigenvalue weighted by Crippen LogP contribution is 2.89. The number of carbonyl (C=O) groups is 2. The van der Waals surface area contributed by atoms with E-state index in [-0.39, 0.29) is 23.4 Å². The molecule has 0 amide bonds. The average Bonchev–Trinajstić information content (AvgIpc) is 3.32. The normalized spacial score (nSPS) is 49.5. The molecule has 0 aliphatic heterocycles. The van der Waals surface area contributed by atoms with Gasteiger partial charge in [-0.25, -0.2) is 0 Å². The van der Waals surface area contributed by atoms with Gasteiger partial charge in [-0.3, -0.25) is 9.59 Å². The van der Waals surface area contributed by atoms with Crippen molar-refractivity contribution in [3.8, 4) is 0 Å². The standard InChI is InChI=1S/C30H48O3/c1-19(2)22(32)9-8-21-12-14-28(7)24-11-10-23-26(4,5)25(33-20(3)31)13-15-29(23)18-30(24,29)17-16-27(21,28)6/h19,21,23-25H,8-18H2,1-7H3/t21?,23?,24?,25-,27+,28-,29+,30-/m0/s1. The Labute approximate surface area is 202 Å². The molecular formula is C30H48O3. The summed E-state index contributed by atoms with van der Waals surface area (Å²) >= 11 is 0. The summed E-state index contributed by atoms with van der Waals surface area (Å²) in [5.41, 5.74) is 1.91. The van der Waals surface area contributed by atoms with Crippen molar-refractivity contribution in [2.45, 2.75) is 125 Å². The van der Waals surface area contributed by atoms with E-state index < -0.39 is 0 Å². The van der Waals surface area contributed by atoms with Crippen molar-refractivity contribution in [1.82, 2.24) is 0 Å². The molecule has 5 aliphatic carbocycles. The molecule has 2 spiro atoms. The number of hydrogen-bond acceptors (Lipinski definition) is 3. The van der Waals surface area contributed by atoms with Crippen LogP contribution in [0.15, 0.2) is 0 Å². The van der Waals surface area contributed by atoms with Crippen LogP contribution in [-0.4, -0.2) is 17.9 Å². The van der Waals surface area contributed by atoms with Crippen LogP contribution < -0.4 is 0 Å². The molecule has 0 aromatic heterocycles. The van der Waals surface area contributed by atoms with E-state index in [4.69, 9.17) is 4.74 Å². The lowest BCUT2D eigenvalue weighted by Gasteiger charge is -2.63. The second-order valence-corrected chi connectivity index (χ2v) is 14.4. The SMILES string of the molecule is CC(=O)O[C@H]1CC[C@]23C[C@]24CC[C@]2(C)C(CCC(=O)C(C)C)CC[C@@]2(C)C4CCC3C1(C)C. The summed E-state index contributed by atoms with van der Waals surface area (Å²) in [6.07, 6.45) is 13.8. The van der Waals surface area contributed by atoms with Crippen molar-refractivity contribution in [2.75, 3.05) is 0 Å². The Morgan fingerprint density at radius 1 is 0.848 bits per heavy atom. The van der Waals surface area contributed by atoms with Gasteiger partial charge in [-0.1, -0.05) is 41.5 Å². The van der Waals surface area contributed by atoms with Crippen LogP contribution in [0, 0.1) is 50.7 Å². The lowest BCUT2D eigenvalue weighted by atomic mass is 9.42. The summed E-state index contributed by atoms with van der Waals surface area (Å²) in [6, 6.07) is 0. The number of ketones is 1. The fraction of sp³-hybridized carbons (Fsp3) is 0.933. The molecule has 0 radical (unpaired) electrons. The van der Waals surface area contributed by atoms with Crippen LogP contribution in [0.3, 0.4) is 0 Å². The first-order chi connectivity index (χ1) is 15.3. The molecule has 5 aliphatic rings. The summed E-state index contributed by atoms with van der Waals surface area (Å²) < 4.78 is 5.87. The number of esters is 1. The number of fused-ring (bicyclic) bond motifs is 2. The Morgan fingerprint density at radius 2 is 1.52 bits per heavy atom. The third kappa shape index (κ3) is 2.98. The number of hydrogen-bond donors (Lipinski definition) is 0. The van der Waals surface area contributed by atoms with Gasteiger partial charge in [-0.05, 0) is 104 Å². The first-order valence-electron chi connectivity index (χ1n) is 14.0. The summed E-state index contributed by atoms with van der Waals surface area (Å²) in [5.74, 6) is 2.75. The van der Waals surface area contributed by atoms with Crippen LogP contribution in [0.2, 0.25) is 0 Å². The predicted octanol–water partition coefficient (Wildman–Crippen LogP) is 7.36. The largest absolute Gasteiger partial charge is 0.462 e. The minimum atomic E-state index is -0.114. The molecule has 0 N–H and O–H groups in total. The number of ether oxygens (including phenoxy) is 1. The second kappa shape index (κ2) is 7.33. The maximum atomic E-state index is 12.4. The van der Waals surface area contributed by atoms with Crippen LogP contribution in [0.25, 0.3) is 0 Å². The van der Waals surface area contributed by atoms with E-state index in [0.717, 1.165) is 25.2 Å². The maximum absolute atomic E-state index is 12.4. The van der Waals surface area contributed by atoms with Gasteiger partial charge in [0, 0.05) is 24.7 Å². The van der Waals surface area contributed by atoms with Crippen LogP contribution in [-0.2, 0) is 14.3 Å². The molecule has 3 heteroatoms. The van der Waals surface area contributed by atoms with Crippen molar-refractivity contribution in [2.24, 2.45) is 50.7 Å². The molecule has 8 atom stereocenters. The molecule has 33 heavy (non-hydrogen) atoms. The first-order valence-corrected chi connectivity index (χ1v) is 14.0. The molecule has 0 aromatic carbocycles. The minimum Gasteiger partial charge on any atom is -0.462 e. The van der Waals surface area contributed by atoms with Gasteiger partial charge in [0.15, 0.2) is 0 Å². The second-order valence-electron chi connectivity index (χ2n) is 14.4. The van der Waals surface area contributed by atoms with Gasteiger partial charge in [-0.15, -0.1) is 0 Å². The smallest absolute Gasteiger partial charge is 0.302 e. The quantitative estimate of drug-likeness (QED) is 0.406.